The van der Waals surface area contributed by atoms with Crippen molar-refractivity contribution >= 4 is 46.4 Å². The molecule has 0 radical (unpaired) electrons. The molecule has 0 unspecified atom stereocenters. The van der Waals surface area contributed by atoms with E-state index in [9.17, 15) is 33.9 Å². The summed E-state index contributed by atoms with van der Waals surface area (Å²) in [4.78, 5) is 84.6. The van der Waals surface area contributed by atoms with Crippen LogP contribution >= 0.6 is 0 Å². The molecule has 238 valence electrons. The summed E-state index contributed by atoms with van der Waals surface area (Å²) in [5.41, 5.74) is 1.55. The second-order valence-corrected chi connectivity index (χ2v) is 12.1. The van der Waals surface area contributed by atoms with Gasteiger partial charge in [-0.25, -0.2) is 0 Å². The number of H-pyrrole nitrogens is 1. The van der Waals surface area contributed by atoms with E-state index in [1.165, 1.54) is 4.90 Å². The number of aromatic nitrogens is 1. The number of rotatable bonds is 7. The molecule has 2 aromatic rings. The van der Waals surface area contributed by atoms with Crippen LogP contribution in [0.3, 0.4) is 0 Å². The van der Waals surface area contributed by atoms with Crippen molar-refractivity contribution in [3.63, 3.8) is 0 Å². The van der Waals surface area contributed by atoms with Crippen LogP contribution in [-0.2, 0) is 35.2 Å². The van der Waals surface area contributed by atoms with Crippen molar-refractivity contribution in [1.82, 2.24) is 31.2 Å². The van der Waals surface area contributed by atoms with E-state index in [0.29, 0.717) is 19.3 Å². The van der Waals surface area contributed by atoms with Crippen molar-refractivity contribution in [2.24, 2.45) is 11.8 Å². The van der Waals surface area contributed by atoms with Gasteiger partial charge in [-0.3, -0.25) is 28.8 Å². The van der Waals surface area contributed by atoms with Gasteiger partial charge in [0.15, 0.2) is 0 Å². The molecular formula is C31H42N6O7. The first-order chi connectivity index (χ1) is 20.9. The van der Waals surface area contributed by atoms with Gasteiger partial charge in [0.1, 0.15) is 30.2 Å². The fourth-order valence-electron chi connectivity index (χ4n) is 5.87. The van der Waals surface area contributed by atoms with Crippen LogP contribution in [0.15, 0.2) is 30.5 Å². The highest BCUT2D eigenvalue weighted by Gasteiger charge is 2.42. The number of carboxylic acid groups (broad SMARTS) is 1. The normalized spacial score (nSPS) is 26.2. The van der Waals surface area contributed by atoms with Gasteiger partial charge in [-0.05, 0) is 36.3 Å². The first-order valence-corrected chi connectivity index (χ1v) is 15.2. The van der Waals surface area contributed by atoms with E-state index in [1.807, 2.05) is 31.2 Å². The van der Waals surface area contributed by atoms with E-state index in [0.717, 1.165) is 16.5 Å². The number of benzene rings is 1. The Morgan fingerprint density at radius 2 is 1.57 bits per heavy atom. The number of aromatic amines is 1. The molecule has 1 aromatic heterocycles. The van der Waals surface area contributed by atoms with Gasteiger partial charge in [-0.2, -0.15) is 0 Å². The van der Waals surface area contributed by atoms with Gasteiger partial charge in [0, 0.05) is 30.1 Å². The first-order valence-electron chi connectivity index (χ1n) is 15.2. The van der Waals surface area contributed by atoms with Gasteiger partial charge in [-0.1, -0.05) is 52.3 Å². The minimum Gasteiger partial charge on any atom is -0.481 e. The van der Waals surface area contributed by atoms with E-state index >= 15 is 0 Å². The van der Waals surface area contributed by atoms with Crippen LogP contribution < -0.4 is 21.3 Å². The van der Waals surface area contributed by atoms with Gasteiger partial charge in [0.2, 0.25) is 29.5 Å². The minimum atomic E-state index is -1.48. The Bertz CT molecular complexity index is 1420. The van der Waals surface area contributed by atoms with Crippen molar-refractivity contribution in [2.75, 3.05) is 6.54 Å². The lowest BCUT2D eigenvalue weighted by Crippen LogP contribution is -2.60. The summed E-state index contributed by atoms with van der Waals surface area (Å²) in [5.74, 6) is -5.19. The largest absolute Gasteiger partial charge is 0.481 e. The van der Waals surface area contributed by atoms with Crippen molar-refractivity contribution in [1.29, 1.82) is 0 Å². The van der Waals surface area contributed by atoms with Gasteiger partial charge >= 0.3 is 5.97 Å². The van der Waals surface area contributed by atoms with Crippen LogP contribution in [0.1, 0.15) is 58.9 Å². The summed E-state index contributed by atoms with van der Waals surface area (Å²) < 4.78 is 0. The third-order valence-corrected chi connectivity index (χ3v) is 8.60. The maximum absolute atomic E-state index is 13.8. The van der Waals surface area contributed by atoms with Crippen LogP contribution in [0, 0.1) is 11.8 Å². The number of para-hydroxylation sites is 1. The van der Waals surface area contributed by atoms with Crippen LogP contribution in [0.25, 0.3) is 10.9 Å². The van der Waals surface area contributed by atoms with Crippen molar-refractivity contribution in [3.8, 4) is 0 Å². The highest BCUT2D eigenvalue weighted by Crippen LogP contribution is 2.22. The monoisotopic (exact) mass is 610 g/mol. The second kappa shape index (κ2) is 13.9. The highest BCUT2D eigenvalue weighted by molar-refractivity contribution is 5.99. The molecular weight excluding hydrogens is 568 g/mol. The molecule has 3 heterocycles. The number of hydrogen-bond donors (Lipinski definition) is 6. The molecule has 44 heavy (non-hydrogen) atoms. The Labute approximate surface area is 255 Å². The van der Waals surface area contributed by atoms with Crippen molar-refractivity contribution < 1.29 is 33.9 Å². The molecule has 5 amide bonds. The Kier molecular flexibility index (Phi) is 10.3. The van der Waals surface area contributed by atoms with Crippen LogP contribution in [0.4, 0.5) is 0 Å². The summed E-state index contributed by atoms with van der Waals surface area (Å²) in [6.07, 6.45) is 2.38. The van der Waals surface area contributed by atoms with Crippen LogP contribution in [0.5, 0.6) is 0 Å². The number of hydrogen-bond acceptors (Lipinski definition) is 6. The molecule has 0 bridgehead atoms. The molecule has 2 aliphatic heterocycles. The molecule has 0 saturated carbocycles. The molecule has 0 aliphatic carbocycles. The molecule has 4 rings (SSSR count). The fraction of sp³-hybridized carbons (Fsp3) is 0.548. The number of carbonyl (C=O) groups excluding carboxylic acids is 5. The topological polar surface area (TPSA) is 190 Å². The van der Waals surface area contributed by atoms with E-state index in [4.69, 9.17) is 0 Å². The average molecular weight is 611 g/mol. The molecule has 2 aliphatic rings. The quantitative estimate of drug-likeness (QED) is 0.268. The Hall–Kier alpha value is -4.42. The third-order valence-electron chi connectivity index (χ3n) is 8.60. The molecule has 13 nitrogen and oxygen atoms in total. The van der Waals surface area contributed by atoms with E-state index < -0.39 is 72.1 Å². The lowest BCUT2D eigenvalue weighted by Gasteiger charge is -2.30. The Balaban J connectivity index is 1.77. The number of nitrogens with zero attached hydrogens (tertiary/aromatic N) is 1. The van der Waals surface area contributed by atoms with Crippen LogP contribution in [0.2, 0.25) is 0 Å². The standard InChI is InChI=1S/C31H42N6O7/c1-5-17(4)26-30(43)33-21(13-18-15-32-20-10-7-6-9-19(18)20)27(40)34-22(14-24(38)39)31(44)37-12-8-11-23(37)28(41)35-25(16(2)3)29(42)36-26/h6-7,9-10,15-17,21-23,25-26,32H,5,8,11-14H2,1-4H3,(H,33,43)(H,34,40)(H,35,41)(H,36,42)(H,38,39)/t17-,21+,22+,23-,25+,26-/m0/s1. The number of aliphatic carboxylic acids is 1. The lowest BCUT2D eigenvalue weighted by atomic mass is 9.95. The molecule has 6 atom stereocenters. The molecule has 2 fully saturated rings. The summed E-state index contributed by atoms with van der Waals surface area (Å²) in [7, 11) is 0. The number of fused-ring (bicyclic) bond motifs is 2. The second-order valence-electron chi connectivity index (χ2n) is 12.1. The zero-order valence-electron chi connectivity index (χ0n) is 25.5. The predicted octanol–water partition coefficient (Wildman–Crippen LogP) is 0.831. The summed E-state index contributed by atoms with van der Waals surface area (Å²) in [5, 5.41) is 21.4. The minimum absolute atomic E-state index is 0.0255. The molecule has 2 saturated heterocycles. The lowest BCUT2D eigenvalue weighted by molar-refractivity contribution is -0.146. The van der Waals surface area contributed by atoms with Crippen LogP contribution in [-0.4, -0.2) is 87.2 Å². The van der Waals surface area contributed by atoms with Gasteiger partial charge in [0.25, 0.3) is 0 Å². The maximum Gasteiger partial charge on any atom is 0.305 e. The molecule has 1 aromatic carbocycles. The van der Waals surface area contributed by atoms with Gasteiger partial charge < -0.3 is 36.3 Å². The Morgan fingerprint density at radius 1 is 0.909 bits per heavy atom. The zero-order chi connectivity index (χ0) is 32.1. The average Bonchev–Trinajstić information content (AvgIpc) is 3.64. The van der Waals surface area contributed by atoms with Crippen molar-refractivity contribution in [2.45, 2.75) is 90.0 Å². The maximum atomic E-state index is 13.8. The molecule has 0 spiro atoms. The van der Waals surface area contributed by atoms with E-state index in [1.54, 1.807) is 27.0 Å². The first kappa shape index (κ1) is 32.5. The summed E-state index contributed by atoms with van der Waals surface area (Å²) in [6.45, 7) is 7.38. The smallest absolute Gasteiger partial charge is 0.305 e. The van der Waals surface area contributed by atoms with Gasteiger partial charge in [-0.15, -0.1) is 0 Å². The third kappa shape index (κ3) is 7.20. The van der Waals surface area contributed by atoms with Crippen molar-refractivity contribution in [3.05, 3.63) is 36.0 Å². The number of amides is 5. The van der Waals surface area contributed by atoms with E-state index in [-0.39, 0.29) is 24.8 Å². The van der Waals surface area contributed by atoms with Gasteiger partial charge in [0.05, 0.1) is 6.42 Å². The predicted molar refractivity (Wildman–Crippen MR) is 161 cm³/mol. The highest BCUT2D eigenvalue weighted by atomic mass is 16.4. The summed E-state index contributed by atoms with van der Waals surface area (Å²) >= 11 is 0. The number of carboxylic acids is 1. The Morgan fingerprint density at radius 3 is 2.25 bits per heavy atom. The molecule has 6 N–H and O–H groups in total. The summed E-state index contributed by atoms with van der Waals surface area (Å²) in [6, 6.07) is 1.78. The molecule has 13 heteroatoms. The fourth-order valence-corrected chi connectivity index (χ4v) is 5.87. The SMILES string of the molecule is CC[C@H](C)[C@@H]1NC(=O)[C@@H](C(C)C)NC(=O)[C@@H]2CCCN2C(=O)[C@@H](CC(=O)O)NC(=O)[C@@H](Cc2c[nH]c3ccccc23)NC1=O. The zero-order valence-corrected chi connectivity index (χ0v) is 25.5. The number of nitrogens with one attached hydrogen (secondary N) is 5. The van der Waals surface area contributed by atoms with E-state index in [2.05, 4.69) is 26.3 Å². The number of carbonyl (C=O) groups is 6.